The molecule has 0 aromatic heterocycles. The third-order valence-corrected chi connectivity index (χ3v) is 6.58. The molecule has 1 saturated heterocycles. The molecule has 0 unspecified atom stereocenters. The molecule has 34 heavy (non-hydrogen) atoms. The predicted octanol–water partition coefficient (Wildman–Crippen LogP) is 4.43. The standard InChI is InChI=1S/C27H34N4O3/c32-25(19-28-24-11-7-8-21(18-24)27(34)31-16-5-2-6-17-31)29-23-14-12-20(13-15-23)26(33)30-22-9-3-1-4-10-22/h7-8,11-15,18,22,28H,1-6,9-10,16-17,19H2,(H,29,32)(H,30,33). The molecule has 3 amide bonds. The molecule has 180 valence electrons. The molecular weight excluding hydrogens is 428 g/mol. The number of carbonyl (C=O) groups excluding carboxylic acids is 3. The number of benzene rings is 2. The van der Waals surface area contributed by atoms with Crippen molar-refractivity contribution >= 4 is 29.1 Å². The Hall–Kier alpha value is -3.35. The average Bonchev–Trinajstić information content (AvgIpc) is 2.89. The molecule has 0 radical (unpaired) electrons. The topological polar surface area (TPSA) is 90.5 Å². The highest BCUT2D eigenvalue weighted by Gasteiger charge is 2.19. The Bertz CT molecular complexity index is 993. The number of carbonyl (C=O) groups is 3. The molecule has 0 atom stereocenters. The van der Waals surface area contributed by atoms with Gasteiger partial charge in [0.15, 0.2) is 0 Å². The van der Waals surface area contributed by atoms with Crippen molar-refractivity contribution in [2.75, 3.05) is 30.3 Å². The van der Waals surface area contributed by atoms with Crippen LogP contribution >= 0.6 is 0 Å². The maximum atomic E-state index is 12.7. The molecule has 3 N–H and O–H groups in total. The predicted molar refractivity (Wildman–Crippen MR) is 134 cm³/mol. The van der Waals surface area contributed by atoms with Gasteiger partial charge in [0.05, 0.1) is 6.54 Å². The number of likely N-dealkylation sites (tertiary alicyclic amines) is 1. The molecule has 2 fully saturated rings. The van der Waals surface area contributed by atoms with Crippen LogP contribution in [0.3, 0.4) is 0 Å². The second kappa shape index (κ2) is 11.7. The van der Waals surface area contributed by atoms with E-state index in [1.807, 2.05) is 23.1 Å². The summed E-state index contributed by atoms with van der Waals surface area (Å²) in [7, 11) is 0. The van der Waals surface area contributed by atoms with Crippen molar-refractivity contribution in [3.8, 4) is 0 Å². The lowest BCUT2D eigenvalue weighted by Crippen LogP contribution is -2.36. The van der Waals surface area contributed by atoms with Gasteiger partial charge in [-0.1, -0.05) is 25.3 Å². The minimum atomic E-state index is -0.202. The smallest absolute Gasteiger partial charge is 0.253 e. The van der Waals surface area contributed by atoms with Crippen molar-refractivity contribution in [1.29, 1.82) is 0 Å². The summed E-state index contributed by atoms with van der Waals surface area (Å²) in [6.45, 7) is 1.69. The van der Waals surface area contributed by atoms with E-state index in [4.69, 9.17) is 0 Å². The first-order valence-electron chi connectivity index (χ1n) is 12.4. The number of hydrogen-bond donors (Lipinski definition) is 3. The Balaban J connectivity index is 1.25. The summed E-state index contributed by atoms with van der Waals surface area (Å²) in [4.78, 5) is 39.5. The van der Waals surface area contributed by atoms with Crippen molar-refractivity contribution in [2.45, 2.75) is 57.4 Å². The van der Waals surface area contributed by atoms with E-state index in [0.717, 1.165) is 44.5 Å². The molecule has 7 heteroatoms. The van der Waals surface area contributed by atoms with E-state index >= 15 is 0 Å². The van der Waals surface area contributed by atoms with E-state index in [9.17, 15) is 14.4 Å². The Morgan fingerprint density at radius 2 is 1.50 bits per heavy atom. The van der Waals surface area contributed by atoms with E-state index in [-0.39, 0.29) is 30.3 Å². The lowest BCUT2D eigenvalue weighted by atomic mass is 9.95. The van der Waals surface area contributed by atoms with Crippen LogP contribution in [0.4, 0.5) is 11.4 Å². The van der Waals surface area contributed by atoms with Gasteiger partial charge in [-0.15, -0.1) is 0 Å². The fraction of sp³-hybridized carbons (Fsp3) is 0.444. The highest BCUT2D eigenvalue weighted by molar-refractivity contribution is 5.97. The lowest BCUT2D eigenvalue weighted by molar-refractivity contribution is -0.114. The number of amides is 3. The Kier molecular flexibility index (Phi) is 8.17. The third-order valence-electron chi connectivity index (χ3n) is 6.58. The summed E-state index contributed by atoms with van der Waals surface area (Å²) < 4.78 is 0. The average molecular weight is 463 g/mol. The highest BCUT2D eigenvalue weighted by Crippen LogP contribution is 2.19. The number of anilines is 2. The van der Waals surface area contributed by atoms with Gasteiger partial charge in [0, 0.05) is 41.6 Å². The van der Waals surface area contributed by atoms with Gasteiger partial charge in [-0.3, -0.25) is 14.4 Å². The molecule has 2 aliphatic rings. The maximum Gasteiger partial charge on any atom is 0.253 e. The molecule has 1 aliphatic heterocycles. The summed E-state index contributed by atoms with van der Waals surface area (Å²) in [5.74, 6) is -0.224. The largest absolute Gasteiger partial charge is 0.376 e. The molecule has 1 aliphatic carbocycles. The molecule has 7 nitrogen and oxygen atoms in total. The van der Waals surface area contributed by atoms with Crippen molar-refractivity contribution in [3.63, 3.8) is 0 Å². The van der Waals surface area contributed by atoms with E-state index in [0.29, 0.717) is 16.8 Å². The Labute approximate surface area is 201 Å². The summed E-state index contributed by atoms with van der Waals surface area (Å²) in [6.07, 6.45) is 8.96. The van der Waals surface area contributed by atoms with Gasteiger partial charge in [0.2, 0.25) is 5.91 Å². The fourth-order valence-corrected chi connectivity index (χ4v) is 4.65. The van der Waals surface area contributed by atoms with Crippen LogP contribution in [0.15, 0.2) is 48.5 Å². The molecule has 0 spiro atoms. The van der Waals surface area contributed by atoms with Crippen molar-refractivity contribution in [1.82, 2.24) is 10.2 Å². The van der Waals surface area contributed by atoms with Gasteiger partial charge in [-0.2, -0.15) is 0 Å². The summed E-state index contributed by atoms with van der Waals surface area (Å²) >= 11 is 0. The SMILES string of the molecule is O=C(CNc1cccc(C(=O)N2CCCCC2)c1)Nc1ccc(C(=O)NC2CCCCC2)cc1. The molecule has 0 bridgehead atoms. The molecule has 4 rings (SSSR count). The zero-order valence-electron chi connectivity index (χ0n) is 19.6. The van der Waals surface area contributed by atoms with Crippen LogP contribution in [0.2, 0.25) is 0 Å². The van der Waals surface area contributed by atoms with Gasteiger partial charge in [-0.25, -0.2) is 0 Å². The molecular formula is C27H34N4O3. The monoisotopic (exact) mass is 462 g/mol. The summed E-state index contributed by atoms with van der Waals surface area (Å²) in [6, 6.07) is 14.5. The first kappa shape index (κ1) is 23.8. The first-order chi connectivity index (χ1) is 16.6. The van der Waals surface area contributed by atoms with Crippen LogP contribution in [0, 0.1) is 0 Å². The minimum absolute atomic E-state index is 0.0421. The number of hydrogen-bond acceptors (Lipinski definition) is 4. The van der Waals surface area contributed by atoms with Gasteiger partial charge >= 0.3 is 0 Å². The van der Waals surface area contributed by atoms with Crippen LogP contribution in [-0.2, 0) is 4.79 Å². The van der Waals surface area contributed by atoms with Crippen molar-refractivity contribution in [2.24, 2.45) is 0 Å². The summed E-state index contributed by atoms with van der Waals surface area (Å²) in [5, 5.41) is 9.04. The van der Waals surface area contributed by atoms with Crippen molar-refractivity contribution in [3.05, 3.63) is 59.7 Å². The van der Waals surface area contributed by atoms with Crippen LogP contribution in [0.25, 0.3) is 0 Å². The van der Waals surface area contributed by atoms with Crippen LogP contribution in [-0.4, -0.2) is 48.3 Å². The zero-order valence-corrected chi connectivity index (χ0v) is 19.6. The zero-order chi connectivity index (χ0) is 23.8. The summed E-state index contributed by atoms with van der Waals surface area (Å²) in [5.41, 5.74) is 2.59. The minimum Gasteiger partial charge on any atom is -0.376 e. The number of nitrogens with one attached hydrogen (secondary N) is 3. The maximum absolute atomic E-state index is 12.7. The molecule has 2 aromatic rings. The highest BCUT2D eigenvalue weighted by atomic mass is 16.2. The van der Waals surface area contributed by atoms with Crippen LogP contribution < -0.4 is 16.0 Å². The quantitative estimate of drug-likeness (QED) is 0.568. The second-order valence-electron chi connectivity index (χ2n) is 9.22. The second-order valence-corrected chi connectivity index (χ2v) is 9.22. The third kappa shape index (κ3) is 6.59. The number of rotatable bonds is 7. The van der Waals surface area contributed by atoms with Crippen LogP contribution in [0.1, 0.15) is 72.1 Å². The van der Waals surface area contributed by atoms with Crippen LogP contribution in [0.5, 0.6) is 0 Å². The van der Waals surface area contributed by atoms with Gasteiger partial charge in [0.1, 0.15) is 0 Å². The number of nitrogens with zero attached hydrogens (tertiary/aromatic N) is 1. The first-order valence-corrected chi connectivity index (χ1v) is 12.4. The van der Waals surface area contributed by atoms with E-state index in [1.165, 1.54) is 25.7 Å². The van der Waals surface area contributed by atoms with E-state index in [2.05, 4.69) is 16.0 Å². The Morgan fingerprint density at radius 1 is 0.794 bits per heavy atom. The Morgan fingerprint density at radius 3 is 2.24 bits per heavy atom. The molecule has 2 aromatic carbocycles. The van der Waals surface area contributed by atoms with Gasteiger partial charge < -0.3 is 20.9 Å². The lowest BCUT2D eigenvalue weighted by Gasteiger charge is -2.26. The number of piperidine rings is 1. The van der Waals surface area contributed by atoms with Gasteiger partial charge in [0.25, 0.3) is 11.8 Å². The van der Waals surface area contributed by atoms with E-state index < -0.39 is 0 Å². The normalized spacial score (nSPS) is 16.5. The van der Waals surface area contributed by atoms with Crippen molar-refractivity contribution < 1.29 is 14.4 Å². The van der Waals surface area contributed by atoms with Gasteiger partial charge in [-0.05, 0) is 74.6 Å². The fourth-order valence-electron chi connectivity index (χ4n) is 4.65. The molecule has 1 saturated carbocycles. The molecule has 1 heterocycles. The van der Waals surface area contributed by atoms with E-state index in [1.54, 1.807) is 30.3 Å².